The van der Waals surface area contributed by atoms with Gasteiger partial charge in [-0.15, -0.1) is 0 Å². The number of amides is 1. The monoisotopic (exact) mass is 355 g/mol. The van der Waals surface area contributed by atoms with E-state index < -0.39 is 5.91 Å². The highest BCUT2D eigenvalue weighted by Crippen LogP contribution is 2.12. The van der Waals surface area contributed by atoms with E-state index in [4.69, 9.17) is 0 Å². The van der Waals surface area contributed by atoms with Crippen molar-refractivity contribution in [2.75, 3.05) is 14.1 Å². The topological polar surface area (TPSA) is 91.0 Å². The molecule has 0 saturated carbocycles. The van der Waals surface area contributed by atoms with Crippen LogP contribution in [0.3, 0.4) is 0 Å². The zero-order valence-corrected chi connectivity index (χ0v) is 14.4. The van der Waals surface area contributed by atoms with Crippen molar-refractivity contribution in [1.29, 1.82) is 0 Å². The smallest absolute Gasteiger partial charge is 0.270 e. The molecule has 3 aromatic rings. The van der Waals surface area contributed by atoms with Crippen molar-refractivity contribution in [1.82, 2.24) is 25.2 Å². The molecule has 1 aromatic carbocycles. The largest absolute Gasteiger partial charge is 0.347 e. The predicted molar refractivity (Wildman–Crippen MR) is 95.1 cm³/mol. The minimum absolute atomic E-state index is 0.0979. The first-order valence-electron chi connectivity index (χ1n) is 7.97. The molecule has 26 heavy (non-hydrogen) atoms. The molecule has 2 heterocycles. The minimum atomic E-state index is -0.451. The fraction of sp³-hybridized carbons (Fsp3) is 0.222. The van der Waals surface area contributed by atoms with Gasteiger partial charge in [-0.05, 0) is 31.8 Å². The van der Waals surface area contributed by atoms with E-state index in [0.29, 0.717) is 23.2 Å². The van der Waals surface area contributed by atoms with Gasteiger partial charge in [0.05, 0.1) is 23.4 Å². The number of fused-ring (bicyclic) bond motifs is 1. The SMILES string of the molecule is CN(C)Cc1ccc(CNC(=O)c2cc3c(=O)[nH]cnc3cn2)cc1F. The normalized spacial score (nSPS) is 11.1. The minimum Gasteiger partial charge on any atom is -0.347 e. The second kappa shape index (κ2) is 7.40. The van der Waals surface area contributed by atoms with Crippen LogP contribution < -0.4 is 10.9 Å². The molecule has 0 aliphatic heterocycles. The van der Waals surface area contributed by atoms with Gasteiger partial charge in [-0.1, -0.05) is 12.1 Å². The quantitative estimate of drug-likeness (QED) is 0.723. The molecule has 0 fully saturated rings. The van der Waals surface area contributed by atoms with Crippen molar-refractivity contribution < 1.29 is 9.18 Å². The van der Waals surface area contributed by atoms with Crippen LogP contribution in [0.1, 0.15) is 21.6 Å². The number of nitrogens with one attached hydrogen (secondary N) is 2. The molecule has 2 N–H and O–H groups in total. The zero-order valence-electron chi connectivity index (χ0n) is 14.4. The maximum Gasteiger partial charge on any atom is 0.270 e. The van der Waals surface area contributed by atoms with Crippen molar-refractivity contribution in [3.8, 4) is 0 Å². The van der Waals surface area contributed by atoms with Crippen LogP contribution in [0.5, 0.6) is 0 Å². The molecule has 3 rings (SSSR count). The van der Waals surface area contributed by atoms with E-state index >= 15 is 0 Å². The number of benzene rings is 1. The number of carbonyl (C=O) groups excluding carboxylic acids is 1. The average Bonchev–Trinajstić information content (AvgIpc) is 2.61. The molecule has 0 bridgehead atoms. The Labute approximate surface area is 148 Å². The van der Waals surface area contributed by atoms with Crippen molar-refractivity contribution in [3.63, 3.8) is 0 Å². The van der Waals surface area contributed by atoms with Crippen molar-refractivity contribution in [2.45, 2.75) is 13.1 Å². The lowest BCUT2D eigenvalue weighted by Crippen LogP contribution is -2.24. The lowest BCUT2D eigenvalue weighted by Gasteiger charge is -2.12. The highest BCUT2D eigenvalue weighted by Gasteiger charge is 2.11. The fourth-order valence-electron chi connectivity index (χ4n) is 2.54. The summed E-state index contributed by atoms with van der Waals surface area (Å²) in [5, 5.41) is 2.96. The summed E-state index contributed by atoms with van der Waals surface area (Å²) >= 11 is 0. The molecule has 0 saturated heterocycles. The standard InChI is InChI=1S/C18H18FN5O2/c1-24(2)9-12-4-3-11(5-14(12)19)7-21-18(26)15-6-13-16(8-20-15)22-10-23-17(13)25/h3-6,8,10H,7,9H2,1-2H3,(H,21,26)(H,22,23,25). The van der Waals surface area contributed by atoms with Crippen LogP contribution in [0, 0.1) is 5.82 Å². The van der Waals surface area contributed by atoms with E-state index in [0.717, 1.165) is 0 Å². The molecule has 0 unspecified atom stereocenters. The van der Waals surface area contributed by atoms with Gasteiger partial charge < -0.3 is 15.2 Å². The molecular formula is C18H18FN5O2. The number of rotatable bonds is 5. The molecule has 8 heteroatoms. The molecule has 2 aromatic heterocycles. The van der Waals surface area contributed by atoms with E-state index in [9.17, 15) is 14.0 Å². The summed E-state index contributed by atoms with van der Waals surface area (Å²) in [6.07, 6.45) is 2.65. The third-order valence-corrected chi connectivity index (χ3v) is 3.82. The summed E-state index contributed by atoms with van der Waals surface area (Å²) in [6.45, 7) is 0.656. The van der Waals surface area contributed by atoms with Gasteiger partial charge in [-0.2, -0.15) is 0 Å². The number of aromatic amines is 1. The van der Waals surface area contributed by atoms with E-state index in [1.165, 1.54) is 24.7 Å². The molecule has 0 atom stereocenters. The van der Waals surface area contributed by atoms with Gasteiger partial charge in [0, 0.05) is 18.7 Å². The first kappa shape index (κ1) is 17.7. The number of H-pyrrole nitrogens is 1. The van der Waals surface area contributed by atoms with Gasteiger partial charge in [0.1, 0.15) is 11.5 Å². The molecule has 0 spiro atoms. The van der Waals surface area contributed by atoms with Gasteiger partial charge in [-0.25, -0.2) is 14.4 Å². The van der Waals surface area contributed by atoms with Crippen LogP contribution in [0.15, 0.2) is 41.6 Å². The van der Waals surface area contributed by atoms with E-state index in [1.54, 1.807) is 12.1 Å². The van der Waals surface area contributed by atoms with E-state index in [-0.39, 0.29) is 29.0 Å². The number of pyridine rings is 1. The Morgan fingerprint density at radius 1 is 1.27 bits per heavy atom. The van der Waals surface area contributed by atoms with Crippen LogP contribution in [-0.4, -0.2) is 39.9 Å². The Kier molecular flexibility index (Phi) is 5.04. The van der Waals surface area contributed by atoms with Gasteiger partial charge in [0.15, 0.2) is 0 Å². The second-order valence-corrected chi connectivity index (χ2v) is 6.16. The van der Waals surface area contributed by atoms with Gasteiger partial charge in [0.2, 0.25) is 0 Å². The fourth-order valence-corrected chi connectivity index (χ4v) is 2.54. The highest BCUT2D eigenvalue weighted by atomic mass is 19.1. The lowest BCUT2D eigenvalue weighted by atomic mass is 10.1. The third kappa shape index (κ3) is 3.92. The third-order valence-electron chi connectivity index (χ3n) is 3.82. The van der Waals surface area contributed by atoms with Gasteiger partial charge in [0.25, 0.3) is 11.5 Å². The molecule has 0 radical (unpaired) electrons. The molecule has 0 aliphatic carbocycles. The Hall–Kier alpha value is -3.13. The molecule has 0 aliphatic rings. The zero-order chi connectivity index (χ0) is 18.7. The number of hydrogen-bond donors (Lipinski definition) is 2. The van der Waals surface area contributed by atoms with Crippen LogP contribution in [0.25, 0.3) is 10.9 Å². The molecular weight excluding hydrogens is 337 g/mol. The first-order valence-corrected chi connectivity index (χ1v) is 7.97. The van der Waals surface area contributed by atoms with Crippen LogP contribution >= 0.6 is 0 Å². The first-order chi connectivity index (χ1) is 12.4. The molecule has 1 amide bonds. The van der Waals surface area contributed by atoms with Crippen molar-refractivity contribution in [2.24, 2.45) is 0 Å². The summed E-state index contributed by atoms with van der Waals surface area (Å²) in [6, 6.07) is 6.26. The number of hydrogen-bond acceptors (Lipinski definition) is 5. The second-order valence-electron chi connectivity index (χ2n) is 6.16. The van der Waals surface area contributed by atoms with E-state index in [2.05, 4.69) is 20.3 Å². The summed E-state index contributed by atoms with van der Waals surface area (Å²) in [5.41, 5.74) is 1.39. The van der Waals surface area contributed by atoms with Crippen LogP contribution in [0.2, 0.25) is 0 Å². The number of carbonyl (C=O) groups is 1. The summed E-state index contributed by atoms with van der Waals surface area (Å²) in [4.78, 5) is 36.4. The summed E-state index contributed by atoms with van der Waals surface area (Å²) < 4.78 is 14.1. The van der Waals surface area contributed by atoms with Gasteiger partial charge in [-0.3, -0.25) is 9.59 Å². The predicted octanol–water partition coefficient (Wildman–Crippen LogP) is 1.45. The van der Waals surface area contributed by atoms with E-state index in [1.807, 2.05) is 19.0 Å². The number of halogens is 1. The Morgan fingerprint density at radius 3 is 2.81 bits per heavy atom. The Bertz CT molecular complexity index is 1020. The van der Waals surface area contributed by atoms with Crippen LogP contribution in [-0.2, 0) is 13.1 Å². The number of nitrogens with zero attached hydrogens (tertiary/aromatic N) is 3. The summed E-state index contributed by atoms with van der Waals surface area (Å²) in [7, 11) is 3.73. The Balaban J connectivity index is 1.72. The maximum absolute atomic E-state index is 14.1. The molecule has 134 valence electrons. The Morgan fingerprint density at radius 2 is 2.08 bits per heavy atom. The van der Waals surface area contributed by atoms with Crippen molar-refractivity contribution in [3.05, 3.63) is 69.8 Å². The van der Waals surface area contributed by atoms with Gasteiger partial charge >= 0.3 is 0 Å². The maximum atomic E-state index is 14.1. The van der Waals surface area contributed by atoms with Crippen LogP contribution in [0.4, 0.5) is 4.39 Å². The van der Waals surface area contributed by atoms with Crippen molar-refractivity contribution >= 4 is 16.8 Å². The molecule has 7 nitrogen and oxygen atoms in total. The summed E-state index contributed by atoms with van der Waals surface area (Å²) in [5.74, 6) is -0.764. The lowest BCUT2D eigenvalue weighted by molar-refractivity contribution is 0.0946. The number of aromatic nitrogens is 3. The highest BCUT2D eigenvalue weighted by molar-refractivity contribution is 5.95. The average molecular weight is 355 g/mol.